The Bertz CT molecular complexity index is 796. The van der Waals surface area contributed by atoms with Crippen LogP contribution in [0.1, 0.15) is 18.1 Å². The Morgan fingerprint density at radius 2 is 1.76 bits per heavy atom. The highest BCUT2D eigenvalue weighted by atomic mass is 19.4. The van der Waals surface area contributed by atoms with E-state index in [1.54, 1.807) is 24.3 Å². The molecule has 0 fully saturated rings. The van der Waals surface area contributed by atoms with Crippen LogP contribution in [0.4, 0.5) is 18.9 Å². The van der Waals surface area contributed by atoms with Crippen LogP contribution in [-0.2, 0) is 15.8 Å². The molecule has 0 heterocycles. The molecule has 0 aromatic heterocycles. The van der Waals surface area contributed by atoms with Crippen LogP contribution in [0.5, 0.6) is 5.75 Å². The number of amides is 1. The fraction of sp³-hybridized carbons (Fsp3) is 0.111. The summed E-state index contributed by atoms with van der Waals surface area (Å²) in [5.74, 6) is -0.634. The number of alkyl halides is 3. The lowest BCUT2D eigenvalue weighted by Gasteiger charge is -2.08. The van der Waals surface area contributed by atoms with Crippen molar-refractivity contribution >= 4 is 23.6 Å². The number of benzene rings is 2. The number of rotatable bonds is 4. The maximum atomic E-state index is 12.6. The number of hydrogen-bond donors (Lipinski definition) is 1. The molecule has 130 valence electrons. The van der Waals surface area contributed by atoms with E-state index in [4.69, 9.17) is 4.74 Å². The minimum atomic E-state index is -4.47. The van der Waals surface area contributed by atoms with Crippen molar-refractivity contribution in [3.05, 3.63) is 65.7 Å². The second-order valence-corrected chi connectivity index (χ2v) is 5.06. The minimum Gasteiger partial charge on any atom is -0.427 e. The molecule has 0 aliphatic heterocycles. The molecule has 0 bridgehead atoms. The molecule has 0 saturated carbocycles. The Morgan fingerprint density at radius 3 is 2.36 bits per heavy atom. The summed E-state index contributed by atoms with van der Waals surface area (Å²) in [7, 11) is 0. The second kappa shape index (κ2) is 7.65. The van der Waals surface area contributed by atoms with Gasteiger partial charge in [0.25, 0.3) is 0 Å². The zero-order valence-electron chi connectivity index (χ0n) is 13.1. The molecular weight excluding hydrogens is 335 g/mol. The monoisotopic (exact) mass is 349 g/mol. The highest BCUT2D eigenvalue weighted by Crippen LogP contribution is 2.30. The third kappa shape index (κ3) is 5.80. The van der Waals surface area contributed by atoms with Crippen LogP contribution in [0.15, 0.2) is 54.6 Å². The van der Waals surface area contributed by atoms with E-state index in [1.807, 2.05) is 0 Å². The minimum absolute atomic E-state index is 0.0506. The predicted molar refractivity (Wildman–Crippen MR) is 86.9 cm³/mol. The van der Waals surface area contributed by atoms with Crippen LogP contribution in [0.25, 0.3) is 6.08 Å². The second-order valence-electron chi connectivity index (χ2n) is 5.06. The van der Waals surface area contributed by atoms with Crippen LogP contribution in [0, 0.1) is 0 Å². The fourth-order valence-electron chi connectivity index (χ4n) is 1.94. The normalized spacial score (nSPS) is 11.4. The molecule has 2 rings (SSSR count). The van der Waals surface area contributed by atoms with Gasteiger partial charge in [-0.05, 0) is 42.0 Å². The van der Waals surface area contributed by atoms with E-state index in [0.717, 1.165) is 12.1 Å². The van der Waals surface area contributed by atoms with Crippen LogP contribution >= 0.6 is 0 Å². The molecule has 2 aromatic carbocycles. The molecule has 0 spiro atoms. The summed E-state index contributed by atoms with van der Waals surface area (Å²) in [5, 5.41) is 2.37. The highest BCUT2D eigenvalue weighted by Gasteiger charge is 2.30. The molecular formula is C18H14F3NO3. The molecule has 0 unspecified atom stereocenters. The molecule has 1 N–H and O–H groups in total. The molecule has 0 aliphatic rings. The van der Waals surface area contributed by atoms with Gasteiger partial charge in [0, 0.05) is 18.7 Å². The predicted octanol–water partition coefficient (Wildman–Crippen LogP) is 4.28. The lowest BCUT2D eigenvalue weighted by molar-refractivity contribution is -0.137. The number of halogens is 3. The summed E-state index contributed by atoms with van der Waals surface area (Å²) >= 11 is 0. The van der Waals surface area contributed by atoms with E-state index < -0.39 is 23.6 Å². The molecule has 1 amide bonds. The van der Waals surface area contributed by atoms with Gasteiger partial charge >= 0.3 is 12.1 Å². The third-order valence-corrected chi connectivity index (χ3v) is 3.03. The van der Waals surface area contributed by atoms with Crippen molar-refractivity contribution in [1.82, 2.24) is 0 Å². The molecule has 7 heteroatoms. The summed E-state index contributed by atoms with van der Waals surface area (Å²) in [6.45, 7) is 1.28. The number of carbonyl (C=O) groups is 2. The molecule has 0 aliphatic carbocycles. The first kappa shape index (κ1) is 18.3. The number of anilines is 1. The van der Waals surface area contributed by atoms with Crippen molar-refractivity contribution in [2.75, 3.05) is 5.32 Å². The number of ether oxygens (including phenoxy) is 1. The number of nitrogens with one attached hydrogen (secondary N) is 1. The van der Waals surface area contributed by atoms with E-state index in [1.165, 1.54) is 31.2 Å². The molecule has 0 saturated heterocycles. The largest absolute Gasteiger partial charge is 0.427 e. The van der Waals surface area contributed by atoms with Crippen molar-refractivity contribution in [2.24, 2.45) is 0 Å². The van der Waals surface area contributed by atoms with Crippen LogP contribution in [-0.4, -0.2) is 11.9 Å². The van der Waals surface area contributed by atoms with Gasteiger partial charge in [-0.25, -0.2) is 0 Å². The van der Waals surface area contributed by atoms with E-state index in [-0.39, 0.29) is 5.69 Å². The highest BCUT2D eigenvalue weighted by molar-refractivity contribution is 6.01. The van der Waals surface area contributed by atoms with Crippen molar-refractivity contribution in [3.63, 3.8) is 0 Å². The maximum absolute atomic E-state index is 12.6. The van der Waals surface area contributed by atoms with Gasteiger partial charge in [-0.15, -0.1) is 0 Å². The summed E-state index contributed by atoms with van der Waals surface area (Å²) in [6, 6.07) is 10.8. The number of carbonyl (C=O) groups excluding carboxylic acids is 2. The van der Waals surface area contributed by atoms with Crippen molar-refractivity contribution < 1.29 is 27.5 Å². The summed E-state index contributed by atoms with van der Waals surface area (Å²) in [4.78, 5) is 22.6. The topological polar surface area (TPSA) is 55.4 Å². The van der Waals surface area contributed by atoms with E-state index in [2.05, 4.69) is 5.32 Å². The number of hydrogen-bond acceptors (Lipinski definition) is 3. The van der Waals surface area contributed by atoms with E-state index in [0.29, 0.717) is 11.3 Å². The molecule has 2 aromatic rings. The first-order valence-electron chi connectivity index (χ1n) is 7.19. The maximum Gasteiger partial charge on any atom is 0.416 e. The van der Waals surface area contributed by atoms with E-state index >= 15 is 0 Å². The van der Waals surface area contributed by atoms with Gasteiger partial charge < -0.3 is 10.1 Å². The zero-order valence-corrected chi connectivity index (χ0v) is 13.1. The SMILES string of the molecule is CC(=O)Oc1ccc(/C=C/C(=O)Nc2cccc(C(F)(F)F)c2)cc1. The van der Waals surface area contributed by atoms with Crippen LogP contribution in [0.2, 0.25) is 0 Å². The quantitative estimate of drug-likeness (QED) is 0.509. The van der Waals surface area contributed by atoms with Crippen LogP contribution in [0.3, 0.4) is 0 Å². The van der Waals surface area contributed by atoms with Gasteiger partial charge in [-0.2, -0.15) is 13.2 Å². The third-order valence-electron chi connectivity index (χ3n) is 3.03. The number of esters is 1. The van der Waals surface area contributed by atoms with Crippen molar-refractivity contribution in [1.29, 1.82) is 0 Å². The van der Waals surface area contributed by atoms with Gasteiger partial charge in [-0.1, -0.05) is 18.2 Å². The van der Waals surface area contributed by atoms with Crippen molar-refractivity contribution in [2.45, 2.75) is 13.1 Å². The Balaban J connectivity index is 2.00. The average molecular weight is 349 g/mol. The van der Waals surface area contributed by atoms with Crippen LogP contribution < -0.4 is 10.1 Å². The Hall–Kier alpha value is -3.09. The Kier molecular flexibility index (Phi) is 5.59. The smallest absolute Gasteiger partial charge is 0.416 e. The first-order valence-corrected chi connectivity index (χ1v) is 7.19. The first-order chi connectivity index (χ1) is 11.7. The van der Waals surface area contributed by atoms with Gasteiger partial charge in [0.05, 0.1) is 5.56 Å². The Morgan fingerprint density at radius 1 is 1.08 bits per heavy atom. The van der Waals surface area contributed by atoms with Gasteiger partial charge in [-0.3, -0.25) is 9.59 Å². The summed E-state index contributed by atoms with van der Waals surface area (Å²) < 4.78 is 42.8. The lowest BCUT2D eigenvalue weighted by atomic mass is 10.2. The Labute approximate surface area is 141 Å². The fourth-order valence-corrected chi connectivity index (χ4v) is 1.94. The van der Waals surface area contributed by atoms with Crippen molar-refractivity contribution in [3.8, 4) is 5.75 Å². The molecule has 0 radical (unpaired) electrons. The average Bonchev–Trinajstić information content (AvgIpc) is 2.53. The van der Waals surface area contributed by atoms with E-state index in [9.17, 15) is 22.8 Å². The van der Waals surface area contributed by atoms with Gasteiger partial charge in [0.15, 0.2) is 0 Å². The van der Waals surface area contributed by atoms with Gasteiger partial charge in [0.1, 0.15) is 5.75 Å². The lowest BCUT2D eigenvalue weighted by Crippen LogP contribution is -2.10. The zero-order chi connectivity index (χ0) is 18.4. The molecule has 4 nitrogen and oxygen atoms in total. The molecule has 25 heavy (non-hydrogen) atoms. The summed E-state index contributed by atoms with van der Waals surface area (Å²) in [6.07, 6.45) is -1.79. The molecule has 0 atom stereocenters. The summed E-state index contributed by atoms with van der Waals surface area (Å²) in [5.41, 5.74) is -0.125. The standard InChI is InChI=1S/C18H14F3NO3/c1-12(23)25-16-8-5-13(6-9-16)7-10-17(24)22-15-4-2-3-14(11-15)18(19,20)21/h2-11H,1H3,(H,22,24)/b10-7+. The van der Waals surface area contributed by atoms with Gasteiger partial charge in [0.2, 0.25) is 5.91 Å².